The van der Waals surface area contributed by atoms with Crippen molar-refractivity contribution in [2.45, 2.75) is 6.17 Å². The van der Waals surface area contributed by atoms with Crippen molar-refractivity contribution in [1.82, 2.24) is 11.1 Å². The Morgan fingerprint density at radius 1 is 1.62 bits per heavy atom. The zero-order valence-electron chi connectivity index (χ0n) is 5.46. The molecule has 0 radical (unpaired) electrons. The monoisotopic (exact) mass is 121 g/mol. The molecule has 0 amide bonds. The summed E-state index contributed by atoms with van der Waals surface area (Å²) in [5.74, 6) is 0. The number of nitrogens with two attached hydrogens (primary N) is 1. The molecule has 1 atom stereocenters. The second kappa shape index (κ2) is 4.99. The summed E-state index contributed by atoms with van der Waals surface area (Å²) in [6, 6.07) is 0. The lowest BCUT2D eigenvalue weighted by molar-refractivity contribution is 0.173. The minimum atomic E-state index is -0.208. The van der Waals surface area contributed by atoms with Crippen LogP contribution < -0.4 is 11.9 Å². The van der Waals surface area contributed by atoms with Gasteiger partial charge in [-0.2, -0.15) is 0 Å². The smallest absolute Gasteiger partial charge is 0.0805 e. The Bertz CT molecular complexity index is 48.5. The van der Waals surface area contributed by atoms with Crippen molar-refractivity contribution in [3.8, 4) is 0 Å². The third-order valence-electron chi connectivity index (χ3n) is 0.850. The minimum Gasteiger partial charge on any atom is -0.393 e. The van der Waals surface area contributed by atoms with E-state index in [1.54, 1.807) is 4.90 Å². The molecule has 0 aromatic carbocycles. The third kappa shape index (κ3) is 4.01. The van der Waals surface area contributed by atoms with E-state index < -0.39 is 0 Å². The predicted octanol–water partition coefficient (Wildman–Crippen LogP) is -1.01. The van der Waals surface area contributed by atoms with Gasteiger partial charge in [0.2, 0.25) is 0 Å². The number of hydrogen-bond donors (Lipinski definition) is 3. The van der Waals surface area contributed by atoms with E-state index in [0.29, 0.717) is 0 Å². The zero-order valence-corrected chi connectivity index (χ0v) is 5.46. The highest BCUT2D eigenvalue weighted by atomic mass is 16.3. The summed E-state index contributed by atoms with van der Waals surface area (Å²) in [6.07, 6.45) is -0.208. The lowest BCUT2D eigenvalue weighted by atomic mass is 10.5. The topological polar surface area (TPSA) is 84.5 Å². The van der Waals surface area contributed by atoms with Gasteiger partial charge in [0.25, 0.3) is 0 Å². The summed E-state index contributed by atoms with van der Waals surface area (Å²) < 4.78 is 0. The highest BCUT2D eigenvalue weighted by molar-refractivity contribution is 4.51. The van der Waals surface area contributed by atoms with Crippen molar-refractivity contribution in [3.63, 3.8) is 0 Å². The van der Waals surface area contributed by atoms with Crippen LogP contribution in [0.1, 0.15) is 0 Å². The summed E-state index contributed by atoms with van der Waals surface area (Å²) in [5, 5.41) is 8.34. The van der Waals surface area contributed by atoms with Crippen LogP contribution >= 0.6 is 0 Å². The fraction of sp³-hybridized carbons (Fsp3) is 1.00. The lowest BCUT2D eigenvalue weighted by Gasteiger charge is -2.15. The molecular formula is C4H15N3O. The van der Waals surface area contributed by atoms with E-state index in [-0.39, 0.29) is 18.9 Å². The third-order valence-corrected chi connectivity index (χ3v) is 0.850. The van der Waals surface area contributed by atoms with Gasteiger partial charge in [-0.3, -0.25) is 4.90 Å². The molecule has 0 aromatic heterocycles. The molecule has 4 heteroatoms. The van der Waals surface area contributed by atoms with E-state index >= 15 is 0 Å². The van der Waals surface area contributed by atoms with Gasteiger partial charge in [-0.25, -0.2) is 0 Å². The molecule has 0 saturated heterocycles. The number of rotatable bonds is 2. The van der Waals surface area contributed by atoms with E-state index in [4.69, 9.17) is 10.8 Å². The van der Waals surface area contributed by atoms with Gasteiger partial charge in [0, 0.05) is 0 Å². The quantitative estimate of drug-likeness (QED) is 0.408. The van der Waals surface area contributed by atoms with Crippen LogP contribution in [-0.4, -0.2) is 36.9 Å². The molecule has 4 nitrogen and oxygen atoms in total. The average molecular weight is 121 g/mol. The molecule has 8 heavy (non-hydrogen) atoms. The van der Waals surface area contributed by atoms with Crippen LogP contribution in [0.25, 0.3) is 0 Å². The van der Waals surface area contributed by atoms with Crippen molar-refractivity contribution < 1.29 is 5.11 Å². The molecule has 0 bridgehead atoms. The molecule has 0 aromatic rings. The van der Waals surface area contributed by atoms with E-state index in [2.05, 4.69) is 0 Å². The van der Waals surface area contributed by atoms with E-state index in [1.165, 1.54) is 0 Å². The fourth-order valence-electron chi connectivity index (χ4n) is 0.163. The molecule has 0 heterocycles. The van der Waals surface area contributed by atoms with Crippen molar-refractivity contribution >= 4 is 0 Å². The van der Waals surface area contributed by atoms with Gasteiger partial charge >= 0.3 is 0 Å². The Labute approximate surface area is 49.9 Å². The van der Waals surface area contributed by atoms with Crippen molar-refractivity contribution in [2.75, 3.05) is 20.7 Å². The van der Waals surface area contributed by atoms with Crippen LogP contribution in [0.4, 0.5) is 0 Å². The van der Waals surface area contributed by atoms with E-state index in [9.17, 15) is 0 Å². The molecule has 0 aliphatic carbocycles. The van der Waals surface area contributed by atoms with Gasteiger partial charge < -0.3 is 17.0 Å². The number of aliphatic hydroxyl groups excluding tert-OH is 1. The molecule has 52 valence electrons. The summed E-state index contributed by atoms with van der Waals surface area (Å²) in [6.45, 7) is 0.0208. The van der Waals surface area contributed by atoms with Crippen molar-refractivity contribution in [1.29, 1.82) is 0 Å². The molecule has 0 saturated carbocycles. The molecule has 0 fully saturated rings. The number of nitrogens with zero attached hydrogens (tertiary/aromatic N) is 1. The first-order chi connectivity index (χ1) is 3.18. The van der Waals surface area contributed by atoms with Gasteiger partial charge in [-0.1, -0.05) is 0 Å². The van der Waals surface area contributed by atoms with Gasteiger partial charge in [-0.05, 0) is 14.1 Å². The summed E-state index contributed by atoms with van der Waals surface area (Å²) in [4.78, 5) is 1.75. The second-order valence-electron chi connectivity index (χ2n) is 1.71. The second-order valence-corrected chi connectivity index (χ2v) is 1.71. The van der Waals surface area contributed by atoms with Crippen LogP contribution in [0.5, 0.6) is 0 Å². The molecule has 6 N–H and O–H groups in total. The van der Waals surface area contributed by atoms with Gasteiger partial charge in [-0.15, -0.1) is 0 Å². The molecule has 0 spiro atoms. The zero-order chi connectivity index (χ0) is 5.86. The van der Waals surface area contributed by atoms with Crippen molar-refractivity contribution in [3.05, 3.63) is 0 Å². The Balaban J connectivity index is 0. The Morgan fingerprint density at radius 2 is 2.00 bits per heavy atom. The summed E-state index contributed by atoms with van der Waals surface area (Å²) in [7, 11) is 3.64. The molecule has 0 aliphatic heterocycles. The van der Waals surface area contributed by atoms with Gasteiger partial charge in [0.1, 0.15) is 0 Å². The molecule has 0 rings (SSSR count). The molecule has 0 aliphatic rings. The molecular weight excluding hydrogens is 106 g/mol. The van der Waals surface area contributed by atoms with Gasteiger partial charge in [0.05, 0.1) is 12.8 Å². The van der Waals surface area contributed by atoms with Crippen LogP contribution in [0.2, 0.25) is 0 Å². The summed E-state index contributed by atoms with van der Waals surface area (Å²) in [5.41, 5.74) is 5.29. The first kappa shape index (κ1) is 10.8. The number of likely N-dealkylation sites (N-methyl/N-ethyl adjacent to an activating group) is 1. The number of aliphatic hydroxyl groups is 1. The average Bonchev–Trinajstić information content (AvgIpc) is 1.65. The van der Waals surface area contributed by atoms with Gasteiger partial charge in [0.15, 0.2) is 0 Å². The number of hydrogen-bond acceptors (Lipinski definition) is 4. The minimum absolute atomic E-state index is 0. The van der Waals surface area contributed by atoms with E-state index in [1.807, 2.05) is 14.1 Å². The predicted molar refractivity (Wildman–Crippen MR) is 33.8 cm³/mol. The summed E-state index contributed by atoms with van der Waals surface area (Å²) >= 11 is 0. The standard InChI is InChI=1S/C4H12N2O.H3N/c1-6(2)4(5)3-7;/h4,7H,3,5H2,1-2H3;1H3. The fourth-order valence-corrected chi connectivity index (χ4v) is 0.163. The maximum atomic E-state index is 8.34. The van der Waals surface area contributed by atoms with Crippen LogP contribution in [0, 0.1) is 0 Å². The first-order valence-corrected chi connectivity index (χ1v) is 2.21. The lowest BCUT2D eigenvalue weighted by Crippen LogP contribution is -2.39. The largest absolute Gasteiger partial charge is 0.393 e. The van der Waals surface area contributed by atoms with Crippen molar-refractivity contribution in [2.24, 2.45) is 5.73 Å². The Hall–Kier alpha value is -0.160. The maximum Gasteiger partial charge on any atom is 0.0805 e. The maximum absolute atomic E-state index is 8.34. The SMILES string of the molecule is CN(C)C(N)CO.N. The van der Waals surface area contributed by atoms with Crippen LogP contribution in [-0.2, 0) is 0 Å². The highest BCUT2D eigenvalue weighted by Gasteiger charge is 1.98. The Kier molecular flexibility index (Phi) is 6.70. The van der Waals surface area contributed by atoms with Crippen LogP contribution in [0.3, 0.4) is 0 Å². The Morgan fingerprint density at radius 3 is 2.00 bits per heavy atom. The van der Waals surface area contributed by atoms with Crippen LogP contribution in [0.15, 0.2) is 0 Å². The molecule has 1 unspecified atom stereocenters. The van der Waals surface area contributed by atoms with E-state index in [0.717, 1.165) is 0 Å². The normalized spacial score (nSPS) is 13.1. The highest BCUT2D eigenvalue weighted by Crippen LogP contribution is 1.77. The first-order valence-electron chi connectivity index (χ1n) is 2.21.